The molecule has 3 aromatic rings. The number of nitrogens with one attached hydrogen (secondary N) is 2. The molecular formula is C20H21ClF2N4O3. The number of hydrogen-bond donors (Lipinski definition) is 3. The largest absolute Gasteiger partial charge is 0.390 e. The van der Waals surface area contributed by atoms with Crippen LogP contribution in [0, 0.1) is 17.0 Å². The molecule has 2 aromatic heterocycles. The third kappa shape index (κ3) is 4.69. The number of nitrogens with zero attached hydrogens (tertiary/aromatic N) is 2. The van der Waals surface area contributed by atoms with Crippen LogP contribution in [0.5, 0.6) is 0 Å². The average molecular weight is 439 g/mol. The number of rotatable bonds is 6. The molecule has 2 heterocycles. The van der Waals surface area contributed by atoms with Gasteiger partial charge in [0.1, 0.15) is 12.4 Å². The Morgan fingerprint density at radius 3 is 2.77 bits per heavy atom. The molecule has 1 unspecified atom stereocenters. The summed E-state index contributed by atoms with van der Waals surface area (Å²) < 4.78 is 30.6. The molecule has 1 aromatic carbocycles. The first kappa shape index (κ1) is 21.9. The number of aliphatic hydroxyl groups excluding tert-OH is 1. The summed E-state index contributed by atoms with van der Waals surface area (Å²) in [6, 6.07) is 3.81. The fourth-order valence-corrected chi connectivity index (χ4v) is 2.69. The first-order valence-corrected chi connectivity index (χ1v) is 9.43. The molecule has 0 spiro atoms. The predicted molar refractivity (Wildman–Crippen MR) is 109 cm³/mol. The van der Waals surface area contributed by atoms with Gasteiger partial charge in [-0.15, -0.1) is 0 Å². The molecule has 0 fully saturated rings. The van der Waals surface area contributed by atoms with E-state index in [2.05, 4.69) is 15.8 Å². The summed E-state index contributed by atoms with van der Waals surface area (Å²) in [7, 11) is 0. The lowest BCUT2D eigenvalue weighted by Crippen LogP contribution is -2.35. The maximum Gasteiger partial charge on any atom is 0.278 e. The lowest BCUT2D eigenvalue weighted by molar-refractivity contribution is -0.0496. The van der Waals surface area contributed by atoms with Crippen LogP contribution in [0.25, 0.3) is 5.65 Å². The van der Waals surface area contributed by atoms with Gasteiger partial charge >= 0.3 is 0 Å². The van der Waals surface area contributed by atoms with Crippen LogP contribution in [0.15, 0.2) is 36.8 Å². The zero-order valence-corrected chi connectivity index (χ0v) is 17.3. The number of aromatic nitrogens is 2. The Labute approximate surface area is 176 Å². The van der Waals surface area contributed by atoms with Gasteiger partial charge in [0.15, 0.2) is 11.5 Å². The van der Waals surface area contributed by atoms with Gasteiger partial charge in [0.05, 0.1) is 23.0 Å². The highest BCUT2D eigenvalue weighted by Gasteiger charge is 2.24. The van der Waals surface area contributed by atoms with E-state index in [9.17, 15) is 14.3 Å². The molecule has 3 N–H and O–H groups in total. The molecule has 0 bridgehead atoms. The number of aliphatic hydroxyl groups is 1. The van der Waals surface area contributed by atoms with Crippen LogP contribution in [0.2, 0.25) is 5.02 Å². The predicted octanol–water partition coefficient (Wildman–Crippen LogP) is 4.08. The standard InChI is InChI=1S/C20H21ClF2N4O3/c1-20(2,3)15(28)10-30-26-19(29)12-9-27-7-6-24-18(27)16(23)17(12)25-14-5-4-11(21)8-13(14)22/h4-9,15,25,28H,10H2,1-3H3,(H,26,29). The monoisotopic (exact) mass is 438 g/mol. The molecule has 0 aliphatic carbocycles. The summed E-state index contributed by atoms with van der Waals surface area (Å²) in [6.45, 7) is 5.27. The first-order valence-electron chi connectivity index (χ1n) is 9.05. The highest BCUT2D eigenvalue weighted by Crippen LogP contribution is 2.29. The molecule has 160 valence electrons. The van der Waals surface area contributed by atoms with Crippen LogP contribution in [-0.2, 0) is 4.84 Å². The molecule has 1 atom stereocenters. The number of fused-ring (bicyclic) bond motifs is 1. The second-order valence-corrected chi connectivity index (χ2v) is 8.20. The van der Waals surface area contributed by atoms with Crippen molar-refractivity contribution in [2.24, 2.45) is 5.41 Å². The van der Waals surface area contributed by atoms with Crippen LogP contribution in [0.4, 0.5) is 20.2 Å². The maximum absolute atomic E-state index is 15.1. The van der Waals surface area contributed by atoms with E-state index >= 15 is 4.39 Å². The maximum atomic E-state index is 15.1. The van der Waals surface area contributed by atoms with Gasteiger partial charge in [-0.2, -0.15) is 0 Å². The summed E-state index contributed by atoms with van der Waals surface area (Å²) in [5, 5.41) is 12.8. The van der Waals surface area contributed by atoms with Crippen LogP contribution >= 0.6 is 11.6 Å². The van der Waals surface area contributed by atoms with Gasteiger partial charge in [0, 0.05) is 23.6 Å². The van der Waals surface area contributed by atoms with E-state index in [1.54, 1.807) is 0 Å². The van der Waals surface area contributed by atoms with E-state index in [4.69, 9.17) is 16.4 Å². The number of amides is 1. The summed E-state index contributed by atoms with van der Waals surface area (Å²) >= 11 is 5.75. The molecule has 1 amide bonds. The Morgan fingerprint density at radius 2 is 2.10 bits per heavy atom. The number of hydrogen-bond acceptors (Lipinski definition) is 5. The number of carbonyl (C=O) groups excluding carboxylic acids is 1. The highest BCUT2D eigenvalue weighted by atomic mass is 35.5. The summed E-state index contributed by atoms with van der Waals surface area (Å²) in [5.41, 5.74) is 1.16. The third-order valence-electron chi connectivity index (χ3n) is 4.46. The molecule has 0 saturated heterocycles. The van der Waals surface area contributed by atoms with Crippen molar-refractivity contribution in [1.82, 2.24) is 14.9 Å². The molecule has 7 nitrogen and oxygen atoms in total. The van der Waals surface area contributed by atoms with Crippen LogP contribution < -0.4 is 10.8 Å². The Morgan fingerprint density at radius 1 is 1.37 bits per heavy atom. The third-order valence-corrected chi connectivity index (χ3v) is 4.70. The fraction of sp³-hybridized carbons (Fsp3) is 0.300. The minimum atomic E-state index is -0.850. The van der Waals surface area contributed by atoms with Gasteiger partial charge in [-0.3, -0.25) is 9.63 Å². The van der Waals surface area contributed by atoms with Crippen molar-refractivity contribution in [2.75, 3.05) is 11.9 Å². The molecular weight excluding hydrogens is 418 g/mol. The fourth-order valence-electron chi connectivity index (χ4n) is 2.53. The molecule has 0 aliphatic rings. The van der Waals surface area contributed by atoms with Crippen molar-refractivity contribution in [2.45, 2.75) is 26.9 Å². The van der Waals surface area contributed by atoms with Gasteiger partial charge in [-0.25, -0.2) is 19.2 Å². The average Bonchev–Trinajstić information content (AvgIpc) is 3.13. The summed E-state index contributed by atoms with van der Waals surface area (Å²) in [6.07, 6.45) is 3.32. The number of carbonyl (C=O) groups is 1. The Bertz CT molecular complexity index is 1080. The van der Waals surface area contributed by atoms with Crippen molar-refractivity contribution in [1.29, 1.82) is 0 Å². The highest BCUT2D eigenvalue weighted by molar-refractivity contribution is 6.30. The van der Waals surface area contributed by atoms with Gasteiger partial charge < -0.3 is 14.8 Å². The molecule has 0 radical (unpaired) electrons. The number of hydroxylamine groups is 1. The second-order valence-electron chi connectivity index (χ2n) is 7.76. The normalized spacial score (nSPS) is 12.8. The Balaban J connectivity index is 1.91. The van der Waals surface area contributed by atoms with Crippen molar-refractivity contribution < 1.29 is 23.5 Å². The molecule has 3 rings (SSSR count). The quantitative estimate of drug-likeness (QED) is 0.505. The van der Waals surface area contributed by atoms with Crippen LogP contribution in [0.3, 0.4) is 0 Å². The zero-order chi connectivity index (χ0) is 22.1. The van der Waals surface area contributed by atoms with E-state index in [0.29, 0.717) is 0 Å². The summed E-state index contributed by atoms with van der Waals surface area (Å²) in [4.78, 5) is 21.7. The van der Waals surface area contributed by atoms with Crippen molar-refractivity contribution >= 4 is 34.5 Å². The first-order chi connectivity index (χ1) is 14.1. The Kier molecular flexibility index (Phi) is 6.25. The van der Waals surface area contributed by atoms with Gasteiger partial charge in [-0.1, -0.05) is 32.4 Å². The SMILES string of the molecule is CC(C)(C)C(O)CONC(=O)c1cn2ccnc2c(F)c1Nc1ccc(Cl)cc1F. The molecule has 10 heteroatoms. The number of halogens is 3. The van der Waals surface area contributed by atoms with Gasteiger partial charge in [0.25, 0.3) is 5.91 Å². The van der Waals surface area contributed by atoms with E-state index in [-0.39, 0.29) is 34.2 Å². The minimum Gasteiger partial charge on any atom is -0.390 e. The number of pyridine rings is 1. The second kappa shape index (κ2) is 8.55. The van der Waals surface area contributed by atoms with Crippen molar-refractivity contribution in [3.63, 3.8) is 0 Å². The van der Waals surface area contributed by atoms with E-state index in [0.717, 1.165) is 6.07 Å². The number of benzene rings is 1. The van der Waals surface area contributed by atoms with Gasteiger partial charge in [0.2, 0.25) is 0 Å². The van der Waals surface area contributed by atoms with Crippen molar-refractivity contribution in [3.8, 4) is 0 Å². The van der Waals surface area contributed by atoms with Gasteiger partial charge in [-0.05, 0) is 23.6 Å². The van der Waals surface area contributed by atoms with Crippen LogP contribution in [-0.4, -0.2) is 33.1 Å². The lowest BCUT2D eigenvalue weighted by atomic mass is 9.90. The topological polar surface area (TPSA) is 87.9 Å². The molecule has 0 aliphatic heterocycles. The van der Waals surface area contributed by atoms with E-state index in [1.807, 2.05) is 20.8 Å². The molecule has 0 saturated carbocycles. The number of anilines is 2. The summed E-state index contributed by atoms with van der Waals surface area (Å²) in [5.74, 6) is -2.36. The van der Waals surface area contributed by atoms with E-state index in [1.165, 1.54) is 35.1 Å². The lowest BCUT2D eigenvalue weighted by Gasteiger charge is -2.25. The molecule has 30 heavy (non-hydrogen) atoms. The smallest absolute Gasteiger partial charge is 0.278 e. The van der Waals surface area contributed by atoms with Crippen molar-refractivity contribution in [3.05, 3.63) is 59.0 Å². The minimum absolute atomic E-state index is 0.0486. The zero-order valence-electron chi connectivity index (χ0n) is 16.5. The number of imidazole rings is 1. The van der Waals surface area contributed by atoms with E-state index < -0.39 is 29.1 Å². The van der Waals surface area contributed by atoms with Crippen LogP contribution in [0.1, 0.15) is 31.1 Å². The Hall–Kier alpha value is -2.75.